The van der Waals surface area contributed by atoms with Crippen LogP contribution in [0, 0.1) is 5.41 Å². The topological polar surface area (TPSA) is 39.6 Å². The van der Waals surface area contributed by atoms with Crippen LogP contribution in [0.5, 0.6) is 0 Å². The first-order valence-corrected chi connectivity index (χ1v) is 9.74. The molecule has 26 heavy (non-hydrogen) atoms. The van der Waals surface area contributed by atoms with Crippen molar-refractivity contribution in [3.05, 3.63) is 54.2 Å². The molecule has 4 nitrogen and oxygen atoms in total. The first kappa shape index (κ1) is 17.7. The summed E-state index contributed by atoms with van der Waals surface area (Å²) in [5.74, 6) is 0. The van der Waals surface area contributed by atoms with E-state index in [2.05, 4.69) is 46.1 Å². The van der Waals surface area contributed by atoms with Crippen molar-refractivity contribution in [1.29, 1.82) is 0 Å². The third-order valence-corrected chi connectivity index (χ3v) is 6.42. The van der Waals surface area contributed by atoms with Crippen molar-refractivity contribution in [3.8, 4) is 11.3 Å². The van der Waals surface area contributed by atoms with Gasteiger partial charge in [-0.25, -0.2) is 0 Å². The molecular formula is C22H29N3O. The maximum absolute atomic E-state index is 10.1. The lowest BCUT2D eigenvalue weighted by Crippen LogP contribution is -2.61. The van der Waals surface area contributed by atoms with E-state index in [1.54, 1.807) is 0 Å². The Bertz CT molecular complexity index is 718. The van der Waals surface area contributed by atoms with E-state index in [9.17, 15) is 5.11 Å². The zero-order chi connectivity index (χ0) is 18.0. The van der Waals surface area contributed by atoms with Crippen molar-refractivity contribution in [2.75, 3.05) is 33.3 Å². The van der Waals surface area contributed by atoms with Gasteiger partial charge in [0.15, 0.2) is 0 Å². The zero-order valence-electron chi connectivity index (χ0n) is 15.6. The Kier molecular flexibility index (Phi) is 5.07. The van der Waals surface area contributed by atoms with Crippen LogP contribution >= 0.6 is 0 Å². The summed E-state index contributed by atoms with van der Waals surface area (Å²) in [5, 5.41) is 10.1. The Morgan fingerprint density at radius 3 is 2.69 bits per heavy atom. The Morgan fingerprint density at radius 1 is 1.12 bits per heavy atom. The molecule has 2 aromatic rings. The standard InChI is InChI=1S/C22H29N3O/c1-24-13-4-10-22(17-26)11-14-25(16-21(22)24)15-18-6-8-19(9-7-18)20-5-2-3-12-23-20/h2-3,5-9,12,21,26H,4,10-11,13-17H2,1H3/t21-,22-/m1/s1. The summed E-state index contributed by atoms with van der Waals surface area (Å²) >= 11 is 0. The second-order valence-corrected chi connectivity index (χ2v) is 8.02. The zero-order valence-corrected chi connectivity index (χ0v) is 15.6. The van der Waals surface area contributed by atoms with E-state index in [1.807, 2.05) is 24.4 Å². The molecule has 3 heterocycles. The molecule has 2 fully saturated rings. The highest BCUT2D eigenvalue weighted by Gasteiger charge is 2.46. The quantitative estimate of drug-likeness (QED) is 0.919. The minimum absolute atomic E-state index is 0.117. The molecule has 0 bridgehead atoms. The number of aliphatic hydroxyl groups is 1. The molecule has 0 saturated carbocycles. The van der Waals surface area contributed by atoms with E-state index >= 15 is 0 Å². The highest BCUT2D eigenvalue weighted by atomic mass is 16.3. The molecule has 2 aliphatic heterocycles. The van der Waals surface area contributed by atoms with Crippen LogP contribution in [-0.4, -0.2) is 59.2 Å². The van der Waals surface area contributed by atoms with Gasteiger partial charge in [0, 0.05) is 36.3 Å². The first-order valence-electron chi connectivity index (χ1n) is 9.74. The minimum Gasteiger partial charge on any atom is -0.396 e. The Balaban J connectivity index is 1.43. The minimum atomic E-state index is 0.117. The molecule has 1 aromatic heterocycles. The van der Waals surface area contributed by atoms with E-state index in [0.717, 1.165) is 38.3 Å². The normalized spacial score (nSPS) is 27.2. The molecule has 4 heteroatoms. The summed E-state index contributed by atoms with van der Waals surface area (Å²) in [6.45, 7) is 4.59. The summed E-state index contributed by atoms with van der Waals surface area (Å²) in [6, 6.07) is 15.3. The molecule has 0 radical (unpaired) electrons. The van der Waals surface area contributed by atoms with E-state index in [4.69, 9.17) is 0 Å². The predicted octanol–water partition coefficient (Wildman–Crippen LogP) is 3.03. The van der Waals surface area contributed by atoms with Crippen molar-refractivity contribution in [2.24, 2.45) is 5.41 Å². The lowest BCUT2D eigenvalue weighted by molar-refractivity contribution is -0.0684. The Hall–Kier alpha value is -1.75. The first-order chi connectivity index (χ1) is 12.7. The van der Waals surface area contributed by atoms with Gasteiger partial charge in [0.1, 0.15) is 0 Å². The van der Waals surface area contributed by atoms with Gasteiger partial charge in [-0.05, 0) is 57.1 Å². The van der Waals surface area contributed by atoms with Gasteiger partial charge in [-0.1, -0.05) is 30.3 Å². The smallest absolute Gasteiger partial charge is 0.0701 e. The van der Waals surface area contributed by atoms with Crippen molar-refractivity contribution in [2.45, 2.75) is 31.8 Å². The lowest BCUT2D eigenvalue weighted by atomic mass is 9.69. The molecular weight excluding hydrogens is 322 g/mol. The van der Waals surface area contributed by atoms with Crippen LogP contribution < -0.4 is 0 Å². The number of hydrogen-bond acceptors (Lipinski definition) is 4. The number of piperidine rings is 2. The molecule has 0 spiro atoms. The fraction of sp³-hybridized carbons (Fsp3) is 0.500. The largest absolute Gasteiger partial charge is 0.396 e. The highest BCUT2D eigenvalue weighted by Crippen LogP contribution is 2.41. The third kappa shape index (κ3) is 3.41. The molecule has 0 amide bonds. The molecule has 2 atom stereocenters. The summed E-state index contributed by atoms with van der Waals surface area (Å²) in [6.07, 6.45) is 5.32. The van der Waals surface area contributed by atoms with Crippen molar-refractivity contribution in [1.82, 2.24) is 14.8 Å². The maximum Gasteiger partial charge on any atom is 0.0701 e. The Morgan fingerprint density at radius 2 is 1.96 bits per heavy atom. The molecule has 2 aliphatic rings. The van der Waals surface area contributed by atoms with Gasteiger partial charge in [-0.3, -0.25) is 9.88 Å². The molecule has 0 aliphatic carbocycles. The monoisotopic (exact) mass is 351 g/mol. The van der Waals surface area contributed by atoms with Crippen LogP contribution in [-0.2, 0) is 6.54 Å². The number of nitrogens with zero attached hydrogens (tertiary/aromatic N) is 3. The number of fused-ring (bicyclic) bond motifs is 1. The average molecular weight is 351 g/mol. The van der Waals surface area contributed by atoms with Crippen LogP contribution in [0.1, 0.15) is 24.8 Å². The number of likely N-dealkylation sites (tertiary alicyclic amines) is 2. The van der Waals surface area contributed by atoms with Crippen LogP contribution in [0.3, 0.4) is 0 Å². The third-order valence-electron chi connectivity index (χ3n) is 6.42. The van der Waals surface area contributed by atoms with Crippen LogP contribution in [0.15, 0.2) is 48.7 Å². The number of hydrogen-bond donors (Lipinski definition) is 1. The number of aliphatic hydroxyl groups excluding tert-OH is 1. The van der Waals surface area contributed by atoms with Gasteiger partial charge in [0.2, 0.25) is 0 Å². The molecule has 4 rings (SSSR count). The number of benzene rings is 1. The second kappa shape index (κ2) is 7.47. The lowest BCUT2D eigenvalue weighted by Gasteiger charge is -2.53. The van der Waals surface area contributed by atoms with Gasteiger partial charge in [0.25, 0.3) is 0 Å². The van der Waals surface area contributed by atoms with Crippen molar-refractivity contribution in [3.63, 3.8) is 0 Å². The van der Waals surface area contributed by atoms with E-state index < -0.39 is 0 Å². The number of pyridine rings is 1. The molecule has 0 unspecified atom stereocenters. The van der Waals surface area contributed by atoms with E-state index in [0.29, 0.717) is 12.6 Å². The summed E-state index contributed by atoms with van der Waals surface area (Å²) in [5.41, 5.74) is 3.65. The van der Waals surface area contributed by atoms with Crippen LogP contribution in [0.25, 0.3) is 11.3 Å². The fourth-order valence-corrected chi connectivity index (χ4v) is 4.79. The van der Waals surface area contributed by atoms with Gasteiger partial charge in [0.05, 0.1) is 12.3 Å². The second-order valence-electron chi connectivity index (χ2n) is 8.02. The fourth-order valence-electron chi connectivity index (χ4n) is 4.79. The molecule has 1 N–H and O–H groups in total. The van der Waals surface area contributed by atoms with Gasteiger partial charge < -0.3 is 10.0 Å². The number of aromatic nitrogens is 1. The SMILES string of the molecule is CN1CCC[C@]2(CO)CCN(Cc3ccc(-c4ccccn4)cc3)C[C@@H]12. The van der Waals surface area contributed by atoms with Crippen molar-refractivity contribution < 1.29 is 5.11 Å². The van der Waals surface area contributed by atoms with Gasteiger partial charge in [-0.15, -0.1) is 0 Å². The number of rotatable bonds is 4. The van der Waals surface area contributed by atoms with E-state index in [-0.39, 0.29) is 5.41 Å². The summed E-state index contributed by atoms with van der Waals surface area (Å²) in [7, 11) is 2.22. The molecule has 1 aromatic carbocycles. The summed E-state index contributed by atoms with van der Waals surface area (Å²) in [4.78, 5) is 9.45. The highest BCUT2D eigenvalue weighted by molar-refractivity contribution is 5.58. The maximum atomic E-state index is 10.1. The summed E-state index contributed by atoms with van der Waals surface area (Å²) < 4.78 is 0. The van der Waals surface area contributed by atoms with Crippen LogP contribution in [0.4, 0.5) is 0 Å². The molecule has 2 saturated heterocycles. The van der Waals surface area contributed by atoms with Crippen molar-refractivity contribution >= 4 is 0 Å². The van der Waals surface area contributed by atoms with Gasteiger partial charge >= 0.3 is 0 Å². The van der Waals surface area contributed by atoms with Crippen LogP contribution in [0.2, 0.25) is 0 Å². The predicted molar refractivity (Wildman–Crippen MR) is 105 cm³/mol. The van der Waals surface area contributed by atoms with E-state index in [1.165, 1.54) is 24.0 Å². The number of likely N-dealkylation sites (N-methyl/N-ethyl adjacent to an activating group) is 1. The average Bonchev–Trinajstić information content (AvgIpc) is 2.70. The Labute approximate surface area is 156 Å². The molecule has 138 valence electrons. The van der Waals surface area contributed by atoms with Gasteiger partial charge in [-0.2, -0.15) is 0 Å².